The smallest absolute Gasteiger partial charge is 0.336 e. The van der Waals surface area contributed by atoms with Crippen LogP contribution in [-0.2, 0) is 0 Å². The lowest BCUT2D eigenvalue weighted by molar-refractivity contribution is -0.138. The zero-order chi connectivity index (χ0) is 8.48. The lowest BCUT2D eigenvalue weighted by Gasteiger charge is -2.15. The van der Waals surface area contributed by atoms with Gasteiger partial charge in [0.25, 0.3) is 0 Å². The third-order valence-corrected chi connectivity index (χ3v) is 1.32. The van der Waals surface area contributed by atoms with Crippen molar-refractivity contribution in [3.8, 4) is 0 Å². The van der Waals surface area contributed by atoms with Gasteiger partial charge in [-0.25, -0.2) is 4.79 Å². The monoisotopic (exact) mass is 168 g/mol. The average molecular weight is 168 g/mol. The molecule has 0 bridgehead atoms. The van der Waals surface area contributed by atoms with Crippen LogP contribution in [0.25, 0.3) is 0 Å². The van der Waals surface area contributed by atoms with Crippen LogP contribution < -0.4 is 5.32 Å². The fourth-order valence-corrected chi connectivity index (χ4v) is 0.878. The van der Waals surface area contributed by atoms with E-state index in [-0.39, 0.29) is 6.54 Å². The van der Waals surface area contributed by atoms with Gasteiger partial charge in [0.1, 0.15) is 6.54 Å². The fraction of sp³-hybridized carbons (Fsp3) is 0.800. The Balaban J connectivity index is 2.43. The average Bonchev–Trinajstić information content (AvgIpc) is 2.12. The van der Waals surface area contributed by atoms with E-state index in [0.29, 0.717) is 6.54 Å². The van der Waals surface area contributed by atoms with Crippen LogP contribution in [0, 0.1) is 0 Å². The zero-order valence-electron chi connectivity index (χ0n) is 5.61. The number of nitrogens with zero attached hydrogens (tertiary/aromatic N) is 1. The molecule has 11 heavy (non-hydrogen) atoms. The Labute approximate surface area is 61.2 Å². The van der Waals surface area contributed by atoms with E-state index in [0.717, 1.165) is 4.90 Å². The summed E-state index contributed by atoms with van der Waals surface area (Å²) < 4.78 is 35.0. The van der Waals surface area contributed by atoms with Gasteiger partial charge in [0.15, 0.2) is 0 Å². The summed E-state index contributed by atoms with van der Waals surface area (Å²) in [5.41, 5.74) is 0. The zero-order valence-corrected chi connectivity index (χ0v) is 5.61. The van der Waals surface area contributed by atoms with Crippen molar-refractivity contribution in [2.24, 2.45) is 0 Å². The number of nitrogens with one attached hydrogen (secondary N) is 1. The SMILES string of the molecule is O=C1NCCN1CC(F)(F)F. The predicted octanol–water partition coefficient (Wildman–Crippen LogP) is 0.574. The van der Waals surface area contributed by atoms with Crippen molar-refractivity contribution in [2.45, 2.75) is 6.18 Å². The second kappa shape index (κ2) is 2.60. The minimum absolute atomic E-state index is 0.137. The first kappa shape index (κ1) is 8.16. The van der Waals surface area contributed by atoms with Crippen LogP contribution in [0.4, 0.5) is 18.0 Å². The molecular weight excluding hydrogens is 161 g/mol. The van der Waals surface area contributed by atoms with Crippen LogP contribution in [0.15, 0.2) is 0 Å². The summed E-state index contributed by atoms with van der Waals surface area (Å²) in [5.74, 6) is 0. The van der Waals surface area contributed by atoms with Gasteiger partial charge in [0, 0.05) is 13.1 Å². The standard InChI is InChI=1S/C5H7F3N2O/c6-5(7,8)3-10-2-1-9-4(10)11/h1-3H2,(H,9,11). The van der Waals surface area contributed by atoms with Crippen molar-refractivity contribution in [3.63, 3.8) is 0 Å². The van der Waals surface area contributed by atoms with Crippen molar-refractivity contribution in [1.82, 2.24) is 10.2 Å². The molecule has 0 aliphatic carbocycles. The maximum absolute atomic E-state index is 11.7. The third kappa shape index (κ3) is 2.28. The van der Waals surface area contributed by atoms with Crippen molar-refractivity contribution < 1.29 is 18.0 Å². The Bertz CT molecular complexity index is 168. The fourth-order valence-electron chi connectivity index (χ4n) is 0.878. The molecule has 2 amide bonds. The van der Waals surface area contributed by atoms with E-state index in [1.807, 2.05) is 0 Å². The van der Waals surface area contributed by atoms with E-state index in [1.54, 1.807) is 0 Å². The number of amides is 2. The molecule has 3 nitrogen and oxygen atoms in total. The molecule has 0 radical (unpaired) electrons. The van der Waals surface area contributed by atoms with Gasteiger partial charge in [-0.15, -0.1) is 0 Å². The van der Waals surface area contributed by atoms with Gasteiger partial charge in [0.05, 0.1) is 0 Å². The van der Waals surface area contributed by atoms with Crippen LogP contribution >= 0.6 is 0 Å². The summed E-state index contributed by atoms with van der Waals surface area (Å²) in [6.07, 6.45) is -4.29. The molecule has 1 aliphatic rings. The van der Waals surface area contributed by atoms with Gasteiger partial charge < -0.3 is 10.2 Å². The van der Waals surface area contributed by atoms with Crippen molar-refractivity contribution in [3.05, 3.63) is 0 Å². The van der Waals surface area contributed by atoms with Crippen molar-refractivity contribution in [1.29, 1.82) is 0 Å². The lowest BCUT2D eigenvalue weighted by atomic mass is 10.5. The van der Waals surface area contributed by atoms with Crippen molar-refractivity contribution in [2.75, 3.05) is 19.6 Å². The molecule has 64 valence electrons. The number of halogens is 3. The Kier molecular flexibility index (Phi) is 1.92. The minimum Gasteiger partial charge on any atom is -0.336 e. The molecule has 0 atom stereocenters. The minimum atomic E-state index is -4.29. The summed E-state index contributed by atoms with van der Waals surface area (Å²) in [6, 6.07) is -0.637. The quantitative estimate of drug-likeness (QED) is 0.610. The molecule has 0 aromatic heterocycles. The van der Waals surface area contributed by atoms with E-state index >= 15 is 0 Å². The summed E-state index contributed by atoms with van der Waals surface area (Å²) in [4.78, 5) is 11.3. The Morgan fingerprint density at radius 1 is 1.55 bits per heavy atom. The van der Waals surface area contributed by atoms with E-state index < -0.39 is 18.8 Å². The van der Waals surface area contributed by atoms with E-state index in [1.165, 1.54) is 0 Å². The highest BCUT2D eigenvalue weighted by Gasteiger charge is 2.34. The molecule has 1 fully saturated rings. The second-order valence-electron chi connectivity index (χ2n) is 2.27. The molecule has 1 rings (SSSR count). The van der Waals surface area contributed by atoms with Crippen LogP contribution in [0.5, 0.6) is 0 Å². The molecule has 0 unspecified atom stereocenters. The molecule has 0 saturated carbocycles. The molecule has 1 aliphatic heterocycles. The van der Waals surface area contributed by atoms with E-state index in [2.05, 4.69) is 5.32 Å². The molecule has 0 aromatic rings. The van der Waals surface area contributed by atoms with Crippen molar-refractivity contribution >= 4 is 6.03 Å². The first-order valence-electron chi connectivity index (χ1n) is 3.08. The summed E-state index contributed by atoms with van der Waals surface area (Å²) >= 11 is 0. The van der Waals surface area contributed by atoms with Gasteiger partial charge in [-0.2, -0.15) is 13.2 Å². The number of carbonyl (C=O) groups excluding carboxylic acids is 1. The molecule has 1 heterocycles. The summed E-state index contributed by atoms with van der Waals surface area (Å²) in [5, 5.41) is 2.28. The maximum Gasteiger partial charge on any atom is 0.406 e. The number of alkyl halides is 3. The first-order chi connectivity index (χ1) is 4.99. The largest absolute Gasteiger partial charge is 0.406 e. The normalized spacial score (nSPS) is 18.8. The second-order valence-corrected chi connectivity index (χ2v) is 2.27. The van der Waals surface area contributed by atoms with E-state index in [4.69, 9.17) is 0 Å². The Hall–Kier alpha value is -0.940. The number of carbonyl (C=O) groups is 1. The molecule has 0 spiro atoms. The molecular formula is C5H7F3N2O. The summed E-state index contributed by atoms with van der Waals surface area (Å²) in [7, 11) is 0. The van der Waals surface area contributed by atoms with Gasteiger partial charge in [-0.05, 0) is 0 Å². The first-order valence-corrected chi connectivity index (χ1v) is 3.08. The highest BCUT2D eigenvalue weighted by molar-refractivity contribution is 5.76. The van der Waals surface area contributed by atoms with Gasteiger partial charge in [-0.1, -0.05) is 0 Å². The third-order valence-electron chi connectivity index (χ3n) is 1.32. The predicted molar refractivity (Wildman–Crippen MR) is 31.0 cm³/mol. The van der Waals surface area contributed by atoms with Gasteiger partial charge >= 0.3 is 12.2 Å². The highest BCUT2D eigenvalue weighted by Crippen LogP contribution is 2.17. The number of hydrogen-bond donors (Lipinski definition) is 1. The highest BCUT2D eigenvalue weighted by atomic mass is 19.4. The number of urea groups is 1. The summed E-state index contributed by atoms with van der Waals surface area (Å²) in [6.45, 7) is -0.716. The molecule has 0 aromatic carbocycles. The maximum atomic E-state index is 11.7. The lowest BCUT2D eigenvalue weighted by Crippen LogP contribution is -2.36. The molecule has 6 heteroatoms. The number of rotatable bonds is 1. The Morgan fingerprint density at radius 3 is 2.55 bits per heavy atom. The van der Waals surface area contributed by atoms with E-state index in [9.17, 15) is 18.0 Å². The van der Waals surface area contributed by atoms with Crippen LogP contribution in [0.2, 0.25) is 0 Å². The van der Waals surface area contributed by atoms with Crippen LogP contribution in [0.3, 0.4) is 0 Å². The molecule has 1 saturated heterocycles. The molecule has 1 N–H and O–H groups in total. The topological polar surface area (TPSA) is 32.3 Å². The van der Waals surface area contributed by atoms with Crippen LogP contribution in [-0.4, -0.2) is 36.7 Å². The van der Waals surface area contributed by atoms with Gasteiger partial charge in [-0.3, -0.25) is 0 Å². The number of hydrogen-bond acceptors (Lipinski definition) is 1. The Morgan fingerprint density at radius 2 is 2.18 bits per heavy atom. The van der Waals surface area contributed by atoms with Crippen LogP contribution in [0.1, 0.15) is 0 Å². The van der Waals surface area contributed by atoms with Gasteiger partial charge in [0.2, 0.25) is 0 Å².